The largest absolute Gasteiger partial charge is 0.417 e. The van der Waals surface area contributed by atoms with Crippen LogP contribution >= 0.6 is 0 Å². The second-order valence-electron chi connectivity index (χ2n) is 4.88. The van der Waals surface area contributed by atoms with Crippen molar-refractivity contribution in [1.82, 2.24) is 4.31 Å². The normalized spacial score (nSPS) is 23.9. The van der Waals surface area contributed by atoms with Gasteiger partial charge in [-0.1, -0.05) is 0 Å². The van der Waals surface area contributed by atoms with Gasteiger partial charge in [-0.25, -0.2) is 17.2 Å². The molecule has 0 aliphatic carbocycles. The Bertz CT molecular complexity index is 661. The maximum atomic E-state index is 13.4. The van der Waals surface area contributed by atoms with Crippen molar-refractivity contribution in [3.05, 3.63) is 29.6 Å². The molecule has 0 amide bonds. The third kappa shape index (κ3) is 3.08. The van der Waals surface area contributed by atoms with Crippen molar-refractivity contribution in [3.63, 3.8) is 0 Å². The maximum Gasteiger partial charge on any atom is 0.417 e. The molecule has 0 spiro atoms. The highest BCUT2D eigenvalue weighted by atomic mass is 32.2. The average Bonchev–Trinajstić information content (AvgIpc) is 2.79. The predicted molar refractivity (Wildman–Crippen MR) is 65.7 cm³/mol. The average molecular weight is 345 g/mol. The molecular weight excluding hydrogens is 333 g/mol. The van der Waals surface area contributed by atoms with E-state index in [1.807, 2.05) is 0 Å². The molecule has 2 atom stereocenters. The van der Waals surface area contributed by atoms with Gasteiger partial charge in [0.2, 0.25) is 10.0 Å². The Kier molecular flexibility index (Phi) is 4.46. The van der Waals surface area contributed by atoms with Crippen molar-refractivity contribution in [2.24, 2.45) is 0 Å². The van der Waals surface area contributed by atoms with E-state index in [9.17, 15) is 30.4 Å². The van der Waals surface area contributed by atoms with Crippen LogP contribution in [0.4, 0.5) is 22.0 Å². The SMILES string of the molecule is O=S(=O)(c1ccc(F)cc1C(F)(F)F)N1C[C@@H](F)C[C@H]1CO. The van der Waals surface area contributed by atoms with Crippen LogP contribution in [0.15, 0.2) is 23.1 Å². The molecule has 1 aromatic carbocycles. The zero-order valence-electron chi connectivity index (χ0n) is 11.0. The molecule has 1 heterocycles. The number of rotatable bonds is 3. The van der Waals surface area contributed by atoms with Gasteiger partial charge in [0, 0.05) is 6.54 Å². The second-order valence-corrected chi connectivity index (χ2v) is 6.74. The number of halogens is 5. The smallest absolute Gasteiger partial charge is 0.395 e. The summed E-state index contributed by atoms with van der Waals surface area (Å²) < 4.78 is 90.4. The fraction of sp³-hybridized carbons (Fsp3) is 0.500. The Morgan fingerprint density at radius 3 is 2.50 bits per heavy atom. The van der Waals surface area contributed by atoms with Crippen molar-refractivity contribution in [2.75, 3.05) is 13.2 Å². The van der Waals surface area contributed by atoms with Gasteiger partial charge in [0.15, 0.2) is 0 Å². The van der Waals surface area contributed by atoms with Crippen LogP contribution in [-0.4, -0.2) is 43.2 Å². The third-order valence-electron chi connectivity index (χ3n) is 3.36. The van der Waals surface area contributed by atoms with Crippen LogP contribution in [0.5, 0.6) is 0 Å². The van der Waals surface area contributed by atoms with Gasteiger partial charge in [0.05, 0.1) is 23.1 Å². The summed E-state index contributed by atoms with van der Waals surface area (Å²) in [4.78, 5) is -1.16. The van der Waals surface area contributed by atoms with Gasteiger partial charge in [-0.3, -0.25) is 0 Å². The summed E-state index contributed by atoms with van der Waals surface area (Å²) in [6, 6.07) is 0.00210. The summed E-state index contributed by atoms with van der Waals surface area (Å²) in [6.45, 7) is -1.37. The van der Waals surface area contributed by atoms with Gasteiger partial charge in [-0.15, -0.1) is 0 Å². The lowest BCUT2D eigenvalue weighted by molar-refractivity contribution is -0.140. The number of hydrogen-bond acceptors (Lipinski definition) is 3. The molecule has 0 radical (unpaired) electrons. The number of alkyl halides is 4. The van der Waals surface area contributed by atoms with E-state index in [0.29, 0.717) is 16.4 Å². The number of aliphatic hydroxyl groups is 1. The Morgan fingerprint density at radius 1 is 1.32 bits per heavy atom. The number of benzene rings is 1. The van der Waals surface area contributed by atoms with E-state index in [-0.39, 0.29) is 12.5 Å². The summed E-state index contributed by atoms with van der Waals surface area (Å²) in [5.41, 5.74) is -1.66. The van der Waals surface area contributed by atoms with Gasteiger partial charge in [-0.2, -0.15) is 17.5 Å². The first-order chi connectivity index (χ1) is 10.1. The summed E-state index contributed by atoms with van der Waals surface area (Å²) in [5.74, 6) is -1.24. The zero-order valence-corrected chi connectivity index (χ0v) is 11.8. The minimum Gasteiger partial charge on any atom is -0.395 e. The summed E-state index contributed by atoms with van der Waals surface area (Å²) in [7, 11) is -4.72. The van der Waals surface area contributed by atoms with Gasteiger partial charge < -0.3 is 5.11 Å². The molecule has 22 heavy (non-hydrogen) atoms. The Hall–Kier alpha value is -1.26. The molecule has 1 aliphatic rings. The van der Waals surface area contributed by atoms with Crippen molar-refractivity contribution < 1.29 is 35.5 Å². The highest BCUT2D eigenvalue weighted by Gasteiger charge is 2.44. The van der Waals surface area contributed by atoms with E-state index in [2.05, 4.69) is 0 Å². The van der Waals surface area contributed by atoms with Crippen LogP contribution in [0.1, 0.15) is 12.0 Å². The number of hydrogen-bond donors (Lipinski definition) is 1. The lowest BCUT2D eigenvalue weighted by atomic mass is 10.2. The molecule has 124 valence electrons. The molecule has 2 rings (SSSR count). The summed E-state index contributed by atoms with van der Waals surface area (Å²) >= 11 is 0. The minimum atomic E-state index is -5.09. The van der Waals surface area contributed by atoms with Crippen LogP contribution in [0.25, 0.3) is 0 Å². The van der Waals surface area contributed by atoms with Crippen LogP contribution in [0.2, 0.25) is 0 Å². The van der Waals surface area contributed by atoms with Gasteiger partial charge >= 0.3 is 6.18 Å². The van der Waals surface area contributed by atoms with Gasteiger partial charge in [0.1, 0.15) is 12.0 Å². The number of sulfonamides is 1. The molecule has 0 aromatic heterocycles. The van der Waals surface area contributed by atoms with E-state index in [4.69, 9.17) is 5.11 Å². The summed E-state index contributed by atoms with van der Waals surface area (Å²) in [6.07, 6.45) is -6.98. The van der Waals surface area contributed by atoms with E-state index in [1.54, 1.807) is 0 Å². The summed E-state index contributed by atoms with van der Waals surface area (Å²) in [5, 5.41) is 9.08. The quantitative estimate of drug-likeness (QED) is 0.852. The molecule has 0 bridgehead atoms. The molecular formula is C12H12F5NO3S. The molecule has 1 fully saturated rings. The predicted octanol–water partition coefficient (Wildman–Crippen LogP) is 1.94. The van der Waals surface area contributed by atoms with Gasteiger partial charge in [0.25, 0.3) is 0 Å². The van der Waals surface area contributed by atoms with Crippen LogP contribution in [-0.2, 0) is 16.2 Å². The van der Waals surface area contributed by atoms with Crippen molar-refractivity contribution >= 4 is 10.0 Å². The van der Waals surface area contributed by atoms with Crippen molar-refractivity contribution in [2.45, 2.75) is 29.7 Å². The van der Waals surface area contributed by atoms with E-state index in [1.165, 1.54) is 0 Å². The fourth-order valence-corrected chi connectivity index (χ4v) is 4.22. The second kappa shape index (κ2) is 5.74. The Balaban J connectivity index is 2.55. The third-order valence-corrected chi connectivity index (χ3v) is 5.33. The molecule has 0 unspecified atom stereocenters. The first-order valence-electron chi connectivity index (χ1n) is 6.21. The van der Waals surface area contributed by atoms with Gasteiger partial charge in [-0.05, 0) is 24.6 Å². The molecule has 1 saturated heterocycles. The fourth-order valence-electron chi connectivity index (χ4n) is 2.37. The molecule has 1 aromatic rings. The zero-order chi connectivity index (χ0) is 16.7. The molecule has 1 N–H and O–H groups in total. The standard InChI is InChI=1S/C12H12F5NO3S/c13-7-1-2-11(10(4-7)12(15,16)17)22(20,21)18-5-8(14)3-9(18)6-19/h1-2,4,8-9,19H,3,5-6H2/t8-,9-/m0/s1. The minimum absolute atomic E-state index is 0.0732. The lowest BCUT2D eigenvalue weighted by Gasteiger charge is -2.24. The molecule has 4 nitrogen and oxygen atoms in total. The first kappa shape index (κ1) is 17.1. The Labute approximate surface area is 123 Å². The molecule has 1 aliphatic heterocycles. The molecule has 0 saturated carbocycles. The van der Waals surface area contributed by atoms with Crippen LogP contribution < -0.4 is 0 Å². The first-order valence-corrected chi connectivity index (χ1v) is 7.65. The highest BCUT2D eigenvalue weighted by molar-refractivity contribution is 7.89. The lowest BCUT2D eigenvalue weighted by Crippen LogP contribution is -2.38. The maximum absolute atomic E-state index is 13.4. The van der Waals surface area contributed by atoms with Crippen molar-refractivity contribution in [1.29, 1.82) is 0 Å². The van der Waals surface area contributed by atoms with E-state index < -0.39 is 57.8 Å². The monoisotopic (exact) mass is 345 g/mol. The van der Waals surface area contributed by atoms with E-state index >= 15 is 0 Å². The topological polar surface area (TPSA) is 57.6 Å². The van der Waals surface area contributed by atoms with Crippen molar-refractivity contribution in [3.8, 4) is 0 Å². The molecule has 10 heteroatoms. The van der Waals surface area contributed by atoms with Crippen LogP contribution in [0, 0.1) is 5.82 Å². The van der Waals surface area contributed by atoms with Crippen LogP contribution in [0.3, 0.4) is 0 Å². The Morgan fingerprint density at radius 2 is 1.95 bits per heavy atom. The van der Waals surface area contributed by atoms with E-state index in [0.717, 1.165) is 0 Å². The number of aliphatic hydroxyl groups excluding tert-OH is 1. The number of nitrogens with zero attached hydrogens (tertiary/aromatic N) is 1. The highest BCUT2D eigenvalue weighted by Crippen LogP contribution is 2.37.